The highest BCUT2D eigenvalue weighted by Gasteiger charge is 2.21. The third kappa shape index (κ3) is 2.65. The largest absolute Gasteiger partial charge is 0.314 e. The molecule has 0 bridgehead atoms. The minimum atomic E-state index is -0.416. The van der Waals surface area contributed by atoms with Gasteiger partial charge in [-0.05, 0) is 43.4 Å². The van der Waals surface area contributed by atoms with E-state index in [0.29, 0.717) is 12.0 Å². The Labute approximate surface area is 101 Å². The van der Waals surface area contributed by atoms with Crippen LogP contribution in [-0.2, 0) is 6.42 Å². The quantitative estimate of drug-likeness (QED) is 0.852. The van der Waals surface area contributed by atoms with E-state index < -0.39 is 5.82 Å². The summed E-state index contributed by atoms with van der Waals surface area (Å²) in [5.74, 6) is -0.680. The number of rotatable bonds is 3. The van der Waals surface area contributed by atoms with Crippen LogP contribution in [0.2, 0.25) is 0 Å². The highest BCUT2D eigenvalue weighted by Crippen LogP contribution is 2.25. The van der Waals surface area contributed by atoms with Crippen LogP contribution in [0.1, 0.15) is 43.7 Å². The Morgan fingerprint density at radius 2 is 2.12 bits per heavy atom. The normalized spacial score (nSPS) is 20.2. The number of hydrogen-bond acceptors (Lipinski definition) is 1. The van der Waals surface area contributed by atoms with Gasteiger partial charge in [0.15, 0.2) is 0 Å². The maximum atomic E-state index is 14.2. The molecule has 0 aliphatic carbocycles. The van der Waals surface area contributed by atoms with Crippen molar-refractivity contribution in [3.05, 3.63) is 34.9 Å². The van der Waals surface area contributed by atoms with E-state index in [-0.39, 0.29) is 23.3 Å². The first-order valence-corrected chi connectivity index (χ1v) is 6.29. The van der Waals surface area contributed by atoms with E-state index in [1.807, 2.05) is 13.8 Å². The van der Waals surface area contributed by atoms with E-state index in [4.69, 9.17) is 0 Å². The molecule has 0 radical (unpaired) electrons. The van der Waals surface area contributed by atoms with E-state index in [9.17, 15) is 8.78 Å². The Morgan fingerprint density at radius 3 is 2.71 bits per heavy atom. The lowest BCUT2D eigenvalue weighted by Gasteiger charge is -2.15. The summed E-state index contributed by atoms with van der Waals surface area (Å²) in [6.45, 7) is 4.81. The third-order valence-electron chi connectivity index (χ3n) is 3.45. The molecular formula is C14H19F2N. The van der Waals surface area contributed by atoms with Gasteiger partial charge in [0, 0.05) is 11.6 Å². The van der Waals surface area contributed by atoms with Crippen LogP contribution in [0.4, 0.5) is 8.78 Å². The zero-order valence-corrected chi connectivity index (χ0v) is 10.4. The third-order valence-corrected chi connectivity index (χ3v) is 3.45. The summed E-state index contributed by atoms with van der Waals surface area (Å²) >= 11 is 0. The van der Waals surface area contributed by atoms with E-state index in [0.717, 1.165) is 19.4 Å². The minimum Gasteiger partial charge on any atom is -0.314 e. The van der Waals surface area contributed by atoms with E-state index >= 15 is 0 Å². The van der Waals surface area contributed by atoms with Crippen LogP contribution < -0.4 is 5.32 Å². The maximum Gasteiger partial charge on any atom is 0.132 e. The molecule has 1 aliphatic rings. The van der Waals surface area contributed by atoms with Gasteiger partial charge in [0.2, 0.25) is 0 Å². The van der Waals surface area contributed by atoms with Crippen molar-refractivity contribution < 1.29 is 8.78 Å². The van der Waals surface area contributed by atoms with Gasteiger partial charge in [0.25, 0.3) is 0 Å². The molecular weight excluding hydrogens is 220 g/mol. The van der Waals surface area contributed by atoms with Gasteiger partial charge >= 0.3 is 0 Å². The van der Waals surface area contributed by atoms with Crippen molar-refractivity contribution in [1.82, 2.24) is 5.32 Å². The molecule has 1 unspecified atom stereocenters. The predicted octanol–water partition coefficient (Wildman–Crippen LogP) is 3.38. The van der Waals surface area contributed by atoms with Gasteiger partial charge in [-0.1, -0.05) is 19.9 Å². The molecule has 1 fully saturated rings. The Bertz CT molecular complexity index is 395. The van der Waals surface area contributed by atoms with Crippen molar-refractivity contribution in [2.75, 3.05) is 6.54 Å². The van der Waals surface area contributed by atoms with Crippen molar-refractivity contribution in [2.45, 2.75) is 45.1 Å². The lowest BCUT2D eigenvalue weighted by molar-refractivity contribution is 0.509. The van der Waals surface area contributed by atoms with Gasteiger partial charge in [0.1, 0.15) is 11.6 Å². The molecule has 3 heteroatoms. The van der Waals surface area contributed by atoms with Crippen LogP contribution in [0.15, 0.2) is 12.1 Å². The number of hydrogen-bond donors (Lipinski definition) is 1. The van der Waals surface area contributed by atoms with E-state index in [2.05, 4.69) is 5.32 Å². The van der Waals surface area contributed by atoms with Gasteiger partial charge in [-0.15, -0.1) is 0 Å². The van der Waals surface area contributed by atoms with Gasteiger partial charge in [0.05, 0.1) is 0 Å². The minimum absolute atomic E-state index is 0.0888. The molecule has 0 aromatic heterocycles. The average Bonchev–Trinajstić information content (AvgIpc) is 2.76. The fourth-order valence-corrected chi connectivity index (χ4v) is 2.43. The Kier molecular flexibility index (Phi) is 3.77. The van der Waals surface area contributed by atoms with Crippen LogP contribution >= 0.6 is 0 Å². The van der Waals surface area contributed by atoms with Crippen LogP contribution in [0.3, 0.4) is 0 Å². The van der Waals surface area contributed by atoms with Crippen molar-refractivity contribution in [3.63, 3.8) is 0 Å². The topological polar surface area (TPSA) is 12.0 Å². The first kappa shape index (κ1) is 12.5. The number of nitrogens with one attached hydrogen (secondary N) is 1. The Hall–Kier alpha value is -0.960. The van der Waals surface area contributed by atoms with Gasteiger partial charge in [-0.2, -0.15) is 0 Å². The number of halogens is 2. The fraction of sp³-hybridized carbons (Fsp3) is 0.571. The van der Waals surface area contributed by atoms with Crippen LogP contribution in [0.25, 0.3) is 0 Å². The molecule has 1 atom stereocenters. The predicted molar refractivity (Wildman–Crippen MR) is 65.2 cm³/mol. The monoisotopic (exact) mass is 239 g/mol. The summed E-state index contributed by atoms with van der Waals surface area (Å²) in [5.41, 5.74) is 0.856. The van der Waals surface area contributed by atoms with Crippen LogP contribution in [0.5, 0.6) is 0 Å². The standard InChI is InChI=1S/C14H19F2N/c1-9(2)11-5-6-13(15)12(14(11)16)8-10-4-3-7-17-10/h5-6,9-10,17H,3-4,7-8H2,1-2H3. The summed E-state index contributed by atoms with van der Waals surface area (Å²) in [6, 6.07) is 3.17. The molecule has 17 heavy (non-hydrogen) atoms. The summed E-state index contributed by atoms with van der Waals surface area (Å²) < 4.78 is 27.8. The maximum absolute atomic E-state index is 14.2. The molecule has 1 aromatic rings. The molecule has 0 spiro atoms. The SMILES string of the molecule is CC(C)c1ccc(F)c(CC2CCCN2)c1F. The molecule has 2 rings (SSSR count). The summed E-state index contributed by atoms with van der Waals surface area (Å²) in [4.78, 5) is 0. The molecule has 1 N–H and O–H groups in total. The molecule has 1 saturated heterocycles. The zero-order chi connectivity index (χ0) is 12.4. The molecule has 94 valence electrons. The zero-order valence-electron chi connectivity index (χ0n) is 10.4. The second kappa shape index (κ2) is 5.13. The first-order valence-electron chi connectivity index (χ1n) is 6.29. The van der Waals surface area contributed by atoms with E-state index in [1.54, 1.807) is 6.07 Å². The summed E-state index contributed by atoms with van der Waals surface area (Å²) in [5, 5.41) is 3.27. The molecule has 1 nitrogen and oxygen atoms in total. The first-order chi connectivity index (χ1) is 8.09. The molecule has 0 saturated carbocycles. The second-order valence-electron chi connectivity index (χ2n) is 5.08. The Morgan fingerprint density at radius 1 is 1.35 bits per heavy atom. The molecule has 1 aliphatic heterocycles. The molecule has 0 amide bonds. The summed E-state index contributed by atoms with van der Waals surface area (Å²) in [7, 11) is 0. The molecule has 1 aromatic carbocycles. The van der Waals surface area contributed by atoms with Crippen LogP contribution in [-0.4, -0.2) is 12.6 Å². The van der Waals surface area contributed by atoms with Crippen LogP contribution in [0, 0.1) is 11.6 Å². The van der Waals surface area contributed by atoms with Crippen molar-refractivity contribution in [3.8, 4) is 0 Å². The Balaban J connectivity index is 2.27. The average molecular weight is 239 g/mol. The van der Waals surface area contributed by atoms with Crippen molar-refractivity contribution in [1.29, 1.82) is 0 Å². The van der Waals surface area contributed by atoms with Crippen molar-refractivity contribution in [2.24, 2.45) is 0 Å². The lowest BCUT2D eigenvalue weighted by atomic mass is 9.96. The van der Waals surface area contributed by atoms with Gasteiger partial charge in [-0.25, -0.2) is 8.78 Å². The summed E-state index contributed by atoms with van der Waals surface area (Å²) in [6.07, 6.45) is 2.56. The molecule has 1 heterocycles. The fourth-order valence-electron chi connectivity index (χ4n) is 2.43. The highest BCUT2D eigenvalue weighted by atomic mass is 19.1. The second-order valence-corrected chi connectivity index (χ2v) is 5.08. The smallest absolute Gasteiger partial charge is 0.132 e. The van der Waals surface area contributed by atoms with Gasteiger partial charge < -0.3 is 5.32 Å². The van der Waals surface area contributed by atoms with E-state index in [1.165, 1.54) is 6.07 Å². The van der Waals surface area contributed by atoms with Crippen molar-refractivity contribution >= 4 is 0 Å². The van der Waals surface area contributed by atoms with Gasteiger partial charge in [-0.3, -0.25) is 0 Å². The highest BCUT2D eigenvalue weighted by molar-refractivity contribution is 5.30. The lowest BCUT2D eigenvalue weighted by Crippen LogP contribution is -2.25. The number of benzene rings is 1.